The standard InChI is InChI=1S/C40H51N3O4S/c1-28(2)25-41-39(45)37(21-30-8-6-5-7-9-30)42(26-31-12-10-29(3)11-13-31)38(44)27-43(48(4,46)47)36-16-14-35(15-17-36)40-22-32-18-33(23-40)20-34(19-32)24-40/h5-17,28,32-34,37H,18-27H2,1-4H3,(H,41,45). The van der Waals surface area contributed by atoms with Gasteiger partial charge in [0.05, 0.1) is 11.9 Å². The fourth-order valence-corrected chi connectivity index (χ4v) is 9.78. The Kier molecular flexibility index (Phi) is 10.0. The highest BCUT2D eigenvalue weighted by Gasteiger charge is 2.51. The van der Waals surface area contributed by atoms with Crippen molar-refractivity contribution in [2.75, 3.05) is 23.7 Å². The third-order valence-electron chi connectivity index (χ3n) is 10.9. The molecule has 256 valence electrons. The number of benzene rings is 3. The molecule has 1 atom stereocenters. The SMILES string of the molecule is Cc1ccc(CN(C(=O)CN(c2ccc(C34CC5CC(CC(C5)C3)C4)cc2)S(C)(=O)=O)C(Cc2ccccc2)C(=O)NCC(C)C)cc1. The van der Waals surface area contributed by atoms with Gasteiger partial charge in [-0.15, -0.1) is 0 Å². The van der Waals surface area contributed by atoms with Crippen molar-refractivity contribution in [1.82, 2.24) is 10.2 Å². The zero-order valence-corrected chi connectivity index (χ0v) is 29.7. The highest BCUT2D eigenvalue weighted by Crippen LogP contribution is 2.60. The first-order valence-corrected chi connectivity index (χ1v) is 19.5. The maximum absolute atomic E-state index is 14.5. The Bertz CT molecular complexity index is 1650. The van der Waals surface area contributed by atoms with E-state index in [1.54, 1.807) is 4.90 Å². The van der Waals surface area contributed by atoms with Crippen molar-refractivity contribution in [2.24, 2.45) is 23.7 Å². The van der Waals surface area contributed by atoms with Gasteiger partial charge in [-0.2, -0.15) is 0 Å². The smallest absolute Gasteiger partial charge is 0.244 e. The summed E-state index contributed by atoms with van der Waals surface area (Å²) in [5.41, 5.74) is 4.85. The number of carbonyl (C=O) groups excluding carboxylic acids is 2. The summed E-state index contributed by atoms with van der Waals surface area (Å²) in [4.78, 5) is 29.9. The Labute approximate surface area is 287 Å². The molecule has 0 heterocycles. The Morgan fingerprint density at radius 1 is 0.833 bits per heavy atom. The normalized spacial score (nSPS) is 23.6. The van der Waals surface area contributed by atoms with Crippen molar-refractivity contribution >= 4 is 27.5 Å². The molecule has 3 aromatic carbocycles. The second kappa shape index (κ2) is 14.1. The number of rotatable bonds is 13. The van der Waals surface area contributed by atoms with Crippen molar-refractivity contribution in [1.29, 1.82) is 0 Å². The van der Waals surface area contributed by atoms with E-state index in [-0.39, 0.29) is 23.8 Å². The number of sulfonamides is 1. The zero-order chi connectivity index (χ0) is 34.1. The van der Waals surface area contributed by atoms with Gasteiger partial charge in [0, 0.05) is 19.5 Å². The lowest BCUT2D eigenvalue weighted by molar-refractivity contribution is -0.140. The predicted octanol–water partition coefficient (Wildman–Crippen LogP) is 6.64. The van der Waals surface area contributed by atoms with Crippen LogP contribution in [0.2, 0.25) is 0 Å². The van der Waals surface area contributed by atoms with E-state index >= 15 is 0 Å². The van der Waals surface area contributed by atoms with Gasteiger partial charge in [0.2, 0.25) is 21.8 Å². The number of aryl methyl sites for hydroxylation is 1. The van der Waals surface area contributed by atoms with E-state index in [1.165, 1.54) is 48.4 Å². The van der Waals surface area contributed by atoms with E-state index in [2.05, 4.69) is 17.4 Å². The van der Waals surface area contributed by atoms with E-state index in [9.17, 15) is 18.0 Å². The molecule has 7 rings (SSSR count). The summed E-state index contributed by atoms with van der Waals surface area (Å²) in [5.74, 6) is 1.98. The van der Waals surface area contributed by atoms with Crippen molar-refractivity contribution in [2.45, 2.75) is 83.7 Å². The van der Waals surface area contributed by atoms with Gasteiger partial charge in [0.1, 0.15) is 12.6 Å². The second-order valence-corrected chi connectivity index (χ2v) is 17.3. The number of carbonyl (C=O) groups is 2. The minimum Gasteiger partial charge on any atom is -0.354 e. The van der Waals surface area contributed by atoms with Crippen LogP contribution < -0.4 is 9.62 Å². The fourth-order valence-electron chi connectivity index (χ4n) is 8.93. The highest BCUT2D eigenvalue weighted by molar-refractivity contribution is 7.92. The van der Waals surface area contributed by atoms with E-state index in [0.717, 1.165) is 40.7 Å². The summed E-state index contributed by atoms with van der Waals surface area (Å²) in [6, 6.07) is 24.7. The molecule has 1 unspecified atom stereocenters. The molecule has 0 saturated heterocycles. The molecular formula is C40H51N3O4S. The lowest BCUT2D eigenvalue weighted by Gasteiger charge is -2.57. The third kappa shape index (κ3) is 7.80. The molecule has 4 bridgehead atoms. The first-order chi connectivity index (χ1) is 22.9. The zero-order valence-electron chi connectivity index (χ0n) is 28.9. The summed E-state index contributed by atoms with van der Waals surface area (Å²) >= 11 is 0. The number of anilines is 1. The Balaban J connectivity index is 1.30. The fraction of sp³-hybridized carbons (Fsp3) is 0.500. The van der Waals surface area contributed by atoms with Gasteiger partial charge in [-0.1, -0.05) is 86.1 Å². The molecule has 3 aromatic rings. The van der Waals surface area contributed by atoms with Gasteiger partial charge in [-0.05, 0) is 103 Å². The Morgan fingerprint density at radius 3 is 1.96 bits per heavy atom. The molecule has 7 nitrogen and oxygen atoms in total. The molecule has 4 saturated carbocycles. The molecule has 48 heavy (non-hydrogen) atoms. The van der Waals surface area contributed by atoms with E-state index in [4.69, 9.17) is 0 Å². The monoisotopic (exact) mass is 669 g/mol. The Hall–Kier alpha value is -3.65. The van der Waals surface area contributed by atoms with Gasteiger partial charge < -0.3 is 10.2 Å². The van der Waals surface area contributed by atoms with Gasteiger partial charge in [-0.3, -0.25) is 13.9 Å². The van der Waals surface area contributed by atoms with E-state index < -0.39 is 28.5 Å². The van der Waals surface area contributed by atoms with Crippen LogP contribution >= 0.6 is 0 Å². The molecule has 1 N–H and O–H groups in total. The first-order valence-electron chi connectivity index (χ1n) is 17.6. The van der Waals surface area contributed by atoms with Crippen LogP contribution in [0.3, 0.4) is 0 Å². The summed E-state index contributed by atoms with van der Waals surface area (Å²) in [6.45, 7) is 6.31. The molecule has 4 aliphatic carbocycles. The number of hydrogen-bond donors (Lipinski definition) is 1. The minimum atomic E-state index is -3.82. The van der Waals surface area contributed by atoms with Crippen LogP contribution in [-0.2, 0) is 38.0 Å². The number of hydrogen-bond acceptors (Lipinski definition) is 4. The van der Waals surface area contributed by atoms with Crippen molar-refractivity contribution in [3.05, 3.63) is 101 Å². The molecule has 0 aliphatic heterocycles. The van der Waals surface area contributed by atoms with Gasteiger partial charge in [-0.25, -0.2) is 8.42 Å². The maximum Gasteiger partial charge on any atom is 0.244 e. The number of amides is 2. The molecule has 0 spiro atoms. The van der Waals surface area contributed by atoms with Gasteiger partial charge in [0.25, 0.3) is 0 Å². The quantitative estimate of drug-likeness (QED) is 0.221. The highest BCUT2D eigenvalue weighted by atomic mass is 32.2. The second-order valence-electron chi connectivity index (χ2n) is 15.4. The average molecular weight is 670 g/mol. The van der Waals surface area contributed by atoms with Gasteiger partial charge >= 0.3 is 0 Å². The van der Waals surface area contributed by atoms with Crippen molar-refractivity contribution in [3.8, 4) is 0 Å². The topological polar surface area (TPSA) is 86.8 Å². The number of nitrogens with one attached hydrogen (secondary N) is 1. The molecule has 8 heteroatoms. The lowest BCUT2D eigenvalue weighted by Crippen LogP contribution is -2.53. The molecule has 2 amide bonds. The minimum absolute atomic E-state index is 0.175. The summed E-state index contributed by atoms with van der Waals surface area (Å²) in [6.07, 6.45) is 9.21. The van der Waals surface area contributed by atoms with Crippen LogP contribution in [0.5, 0.6) is 0 Å². The van der Waals surface area contributed by atoms with Crippen LogP contribution in [0.1, 0.15) is 74.6 Å². The van der Waals surface area contributed by atoms with Crippen molar-refractivity contribution < 1.29 is 18.0 Å². The summed E-state index contributed by atoms with van der Waals surface area (Å²) in [7, 11) is -3.82. The lowest BCUT2D eigenvalue weighted by atomic mass is 9.48. The largest absolute Gasteiger partial charge is 0.354 e. The third-order valence-corrected chi connectivity index (χ3v) is 12.1. The predicted molar refractivity (Wildman–Crippen MR) is 192 cm³/mol. The van der Waals surface area contributed by atoms with Crippen LogP contribution in [0.4, 0.5) is 5.69 Å². The van der Waals surface area contributed by atoms with Crippen LogP contribution in [0.25, 0.3) is 0 Å². The van der Waals surface area contributed by atoms with Crippen LogP contribution in [0.15, 0.2) is 78.9 Å². The Morgan fingerprint density at radius 2 is 1.42 bits per heavy atom. The average Bonchev–Trinajstić information content (AvgIpc) is 3.04. The van der Waals surface area contributed by atoms with Crippen LogP contribution in [-0.4, -0.2) is 50.5 Å². The first kappa shape index (κ1) is 34.2. The molecular weight excluding hydrogens is 619 g/mol. The number of nitrogens with zero attached hydrogens (tertiary/aromatic N) is 2. The van der Waals surface area contributed by atoms with Crippen LogP contribution in [0, 0.1) is 30.6 Å². The van der Waals surface area contributed by atoms with E-state index in [1.807, 2.05) is 87.5 Å². The van der Waals surface area contributed by atoms with Gasteiger partial charge in [0.15, 0.2) is 0 Å². The summed E-state index contributed by atoms with van der Waals surface area (Å²) in [5, 5.41) is 3.04. The molecule has 4 fully saturated rings. The summed E-state index contributed by atoms with van der Waals surface area (Å²) < 4.78 is 27.9. The van der Waals surface area contributed by atoms with E-state index in [0.29, 0.717) is 18.7 Å². The molecule has 0 radical (unpaired) electrons. The maximum atomic E-state index is 14.5. The molecule has 4 aliphatic rings. The molecule has 0 aromatic heterocycles. The van der Waals surface area contributed by atoms with Crippen molar-refractivity contribution in [3.63, 3.8) is 0 Å².